The van der Waals surface area contributed by atoms with Crippen molar-refractivity contribution in [3.05, 3.63) is 24.8 Å². The fourth-order valence-electron chi connectivity index (χ4n) is 0.862. The number of carboxylic acid groups (broad SMARTS) is 1. The molecule has 0 saturated heterocycles. The number of rotatable bonds is 2. The third kappa shape index (κ3) is 1.88. The summed E-state index contributed by atoms with van der Waals surface area (Å²) in [6, 6.07) is 0. The number of aromatic nitrogens is 6. The quantitative estimate of drug-likeness (QED) is 0.690. The fourth-order valence-corrected chi connectivity index (χ4v) is 0.862. The molecule has 1 N–H and O–H groups in total. The van der Waals surface area contributed by atoms with Crippen LogP contribution in [0.4, 0.5) is 0 Å². The molecule has 2 aromatic rings. The third-order valence-electron chi connectivity index (χ3n) is 1.46. The number of carbonyl (C=O) groups is 1. The van der Waals surface area contributed by atoms with E-state index in [1.54, 1.807) is 0 Å². The van der Waals surface area contributed by atoms with E-state index in [-0.39, 0.29) is 17.5 Å². The Labute approximate surface area is 83.1 Å². The Bertz CT molecular complexity index is 488. The number of aromatic carboxylic acids is 1. The van der Waals surface area contributed by atoms with Crippen molar-refractivity contribution in [2.24, 2.45) is 0 Å². The minimum absolute atomic E-state index is 0.102. The molecule has 0 aliphatic heterocycles. The van der Waals surface area contributed by atoms with E-state index < -0.39 is 5.97 Å². The van der Waals surface area contributed by atoms with Gasteiger partial charge in [-0.25, -0.2) is 29.7 Å². The molecule has 0 radical (unpaired) electrons. The van der Waals surface area contributed by atoms with Crippen LogP contribution < -0.4 is 0 Å². The number of nitrogens with zero attached hydrogens (tertiary/aromatic N) is 6. The van der Waals surface area contributed by atoms with Crippen molar-refractivity contribution in [2.75, 3.05) is 0 Å². The van der Waals surface area contributed by atoms with Crippen molar-refractivity contribution in [1.82, 2.24) is 29.9 Å². The van der Waals surface area contributed by atoms with Gasteiger partial charge in [-0.3, -0.25) is 0 Å². The van der Waals surface area contributed by atoms with E-state index in [1.807, 2.05) is 0 Å². The topological polar surface area (TPSA) is 115 Å². The first kappa shape index (κ1) is 9.06. The van der Waals surface area contributed by atoms with Gasteiger partial charge in [-0.05, 0) is 0 Å². The standard InChI is InChI=1S/C7H4N6O2/c14-7(15)6-12-3-11-5(13-6)4-9-1-8-2-10-4/h1-3H,(H,14,15). The van der Waals surface area contributed by atoms with Crippen LogP contribution in [0.25, 0.3) is 11.6 Å². The third-order valence-corrected chi connectivity index (χ3v) is 1.46. The molecule has 8 nitrogen and oxygen atoms in total. The normalized spacial score (nSPS) is 9.87. The van der Waals surface area contributed by atoms with Gasteiger partial charge < -0.3 is 5.11 Å². The molecule has 0 fully saturated rings. The van der Waals surface area contributed by atoms with Gasteiger partial charge in [0.1, 0.15) is 19.0 Å². The molecule has 15 heavy (non-hydrogen) atoms. The first-order valence-electron chi connectivity index (χ1n) is 3.82. The molecular weight excluding hydrogens is 200 g/mol. The smallest absolute Gasteiger partial charge is 0.374 e. The second-order valence-corrected chi connectivity index (χ2v) is 2.40. The largest absolute Gasteiger partial charge is 0.475 e. The molecule has 8 heteroatoms. The summed E-state index contributed by atoms with van der Waals surface area (Å²) in [5.41, 5.74) is 0. The molecule has 0 amide bonds. The van der Waals surface area contributed by atoms with E-state index in [1.165, 1.54) is 12.7 Å². The Morgan fingerprint density at radius 3 is 2.33 bits per heavy atom. The summed E-state index contributed by atoms with van der Waals surface area (Å²) >= 11 is 0. The van der Waals surface area contributed by atoms with Crippen LogP contribution in [-0.2, 0) is 0 Å². The molecule has 0 unspecified atom stereocenters. The van der Waals surface area contributed by atoms with Crippen LogP contribution in [-0.4, -0.2) is 41.0 Å². The van der Waals surface area contributed by atoms with Crippen molar-refractivity contribution in [1.29, 1.82) is 0 Å². The Hall–Kier alpha value is -2.51. The molecular formula is C7H4N6O2. The van der Waals surface area contributed by atoms with E-state index in [0.717, 1.165) is 6.33 Å². The van der Waals surface area contributed by atoms with Gasteiger partial charge in [0.2, 0.25) is 17.5 Å². The summed E-state index contributed by atoms with van der Waals surface area (Å²) in [6.07, 6.45) is 3.63. The lowest BCUT2D eigenvalue weighted by Crippen LogP contribution is -2.06. The van der Waals surface area contributed by atoms with Crippen LogP contribution in [0, 0.1) is 0 Å². The highest BCUT2D eigenvalue weighted by molar-refractivity contribution is 5.83. The molecule has 74 valence electrons. The highest BCUT2D eigenvalue weighted by atomic mass is 16.4. The molecule has 2 heterocycles. The summed E-state index contributed by atoms with van der Waals surface area (Å²) in [4.78, 5) is 32.7. The lowest BCUT2D eigenvalue weighted by molar-refractivity contribution is 0.0683. The van der Waals surface area contributed by atoms with Gasteiger partial charge in [-0.2, -0.15) is 4.98 Å². The summed E-state index contributed by atoms with van der Waals surface area (Å²) in [5.74, 6) is -1.27. The molecule has 0 aromatic carbocycles. The number of hydrogen-bond donors (Lipinski definition) is 1. The summed E-state index contributed by atoms with van der Waals surface area (Å²) in [7, 11) is 0. The Kier molecular flexibility index (Phi) is 2.23. The van der Waals surface area contributed by atoms with Crippen molar-refractivity contribution >= 4 is 5.97 Å². The van der Waals surface area contributed by atoms with Gasteiger partial charge in [0.25, 0.3) is 0 Å². The molecule has 2 aromatic heterocycles. The van der Waals surface area contributed by atoms with Gasteiger partial charge in [-0.15, -0.1) is 0 Å². The molecule has 0 bridgehead atoms. The minimum atomic E-state index is -1.23. The van der Waals surface area contributed by atoms with Crippen molar-refractivity contribution < 1.29 is 9.90 Å². The minimum Gasteiger partial charge on any atom is -0.475 e. The number of hydrogen-bond acceptors (Lipinski definition) is 7. The average molecular weight is 204 g/mol. The first-order chi connectivity index (χ1) is 7.27. The van der Waals surface area contributed by atoms with Crippen LogP contribution in [0.3, 0.4) is 0 Å². The maximum Gasteiger partial charge on any atom is 0.374 e. The van der Waals surface area contributed by atoms with Crippen LogP contribution in [0.1, 0.15) is 10.6 Å². The van der Waals surface area contributed by atoms with Crippen LogP contribution in [0.15, 0.2) is 19.0 Å². The van der Waals surface area contributed by atoms with E-state index in [2.05, 4.69) is 29.9 Å². The maximum absolute atomic E-state index is 10.6. The lowest BCUT2D eigenvalue weighted by atomic mass is 10.5. The lowest BCUT2D eigenvalue weighted by Gasteiger charge is -1.96. The zero-order valence-electron chi connectivity index (χ0n) is 7.27. The van der Waals surface area contributed by atoms with Gasteiger partial charge in [0, 0.05) is 0 Å². The van der Waals surface area contributed by atoms with Gasteiger partial charge in [0.15, 0.2) is 0 Å². The monoisotopic (exact) mass is 204 g/mol. The van der Waals surface area contributed by atoms with E-state index >= 15 is 0 Å². The van der Waals surface area contributed by atoms with Gasteiger partial charge >= 0.3 is 5.97 Å². The first-order valence-corrected chi connectivity index (χ1v) is 3.82. The molecule has 0 spiro atoms. The zero-order chi connectivity index (χ0) is 10.7. The highest BCUT2D eigenvalue weighted by Gasteiger charge is 2.10. The predicted molar refractivity (Wildman–Crippen MR) is 45.6 cm³/mol. The van der Waals surface area contributed by atoms with E-state index in [0.29, 0.717) is 0 Å². The Balaban J connectivity index is 2.46. The summed E-state index contributed by atoms with van der Waals surface area (Å²) in [6.45, 7) is 0. The van der Waals surface area contributed by atoms with Crippen molar-refractivity contribution in [3.8, 4) is 11.6 Å². The fraction of sp³-hybridized carbons (Fsp3) is 0. The van der Waals surface area contributed by atoms with Gasteiger partial charge in [0.05, 0.1) is 0 Å². The Morgan fingerprint density at radius 1 is 1.00 bits per heavy atom. The molecule has 0 aliphatic rings. The second kappa shape index (κ2) is 3.70. The van der Waals surface area contributed by atoms with Gasteiger partial charge in [-0.1, -0.05) is 0 Å². The molecule has 0 aliphatic carbocycles. The van der Waals surface area contributed by atoms with Crippen LogP contribution in [0.2, 0.25) is 0 Å². The van der Waals surface area contributed by atoms with E-state index in [9.17, 15) is 4.79 Å². The van der Waals surface area contributed by atoms with Crippen molar-refractivity contribution in [2.45, 2.75) is 0 Å². The predicted octanol–water partition coefficient (Wildman–Crippen LogP) is -0.578. The molecule has 2 rings (SSSR count). The average Bonchev–Trinajstić information content (AvgIpc) is 2.30. The zero-order valence-corrected chi connectivity index (χ0v) is 7.27. The van der Waals surface area contributed by atoms with E-state index in [4.69, 9.17) is 5.11 Å². The molecule has 0 atom stereocenters. The molecule has 0 saturated carbocycles. The van der Waals surface area contributed by atoms with Crippen molar-refractivity contribution in [3.63, 3.8) is 0 Å². The highest BCUT2D eigenvalue weighted by Crippen LogP contribution is 2.04. The second-order valence-electron chi connectivity index (χ2n) is 2.40. The van der Waals surface area contributed by atoms with Crippen LogP contribution >= 0.6 is 0 Å². The van der Waals surface area contributed by atoms with Crippen LogP contribution in [0.5, 0.6) is 0 Å². The summed E-state index contributed by atoms with van der Waals surface area (Å²) < 4.78 is 0. The number of carboxylic acids is 1. The maximum atomic E-state index is 10.6. The Morgan fingerprint density at radius 2 is 1.67 bits per heavy atom. The SMILES string of the molecule is O=C(O)c1ncnc(-c2ncncn2)n1. The summed E-state index contributed by atoms with van der Waals surface area (Å²) in [5, 5.41) is 8.65.